The van der Waals surface area contributed by atoms with E-state index in [1.54, 1.807) is 0 Å². The highest BCUT2D eigenvalue weighted by Gasteiger charge is 2.21. The molecule has 0 aliphatic heterocycles. The summed E-state index contributed by atoms with van der Waals surface area (Å²) in [4.78, 5) is 0. The molecular formula is C17H20ClSi. The number of benzene rings is 2. The van der Waals surface area contributed by atoms with Crippen LogP contribution in [0.1, 0.15) is 22.3 Å². The number of rotatable bonds is 3. The zero-order valence-electron chi connectivity index (χ0n) is 12.0. The van der Waals surface area contributed by atoms with Crippen molar-refractivity contribution in [2.45, 2.75) is 27.7 Å². The molecule has 0 atom stereocenters. The maximum absolute atomic E-state index is 6.32. The van der Waals surface area contributed by atoms with Crippen LogP contribution < -0.4 is 10.4 Å². The minimum Gasteiger partial charge on any atom is -0.130 e. The minimum atomic E-state index is -0.872. The molecular weight excluding hydrogens is 268 g/mol. The molecule has 0 heterocycles. The smallest absolute Gasteiger partial charge is 0.130 e. The molecule has 0 unspecified atom stereocenters. The molecule has 0 nitrogen and oxygen atoms in total. The van der Waals surface area contributed by atoms with Gasteiger partial charge in [-0.1, -0.05) is 47.1 Å². The van der Waals surface area contributed by atoms with Crippen molar-refractivity contribution in [1.29, 1.82) is 0 Å². The van der Waals surface area contributed by atoms with Gasteiger partial charge in [0, 0.05) is 5.50 Å². The largest absolute Gasteiger partial charge is 0.137 e. The van der Waals surface area contributed by atoms with E-state index in [0.717, 1.165) is 5.50 Å². The van der Waals surface area contributed by atoms with Crippen molar-refractivity contribution in [3.8, 4) is 0 Å². The van der Waals surface area contributed by atoms with Crippen LogP contribution in [0.3, 0.4) is 0 Å². The van der Waals surface area contributed by atoms with Gasteiger partial charge in [0.1, 0.15) is 8.80 Å². The van der Waals surface area contributed by atoms with Gasteiger partial charge in [-0.15, -0.1) is 11.6 Å². The van der Waals surface area contributed by atoms with Gasteiger partial charge in [-0.2, -0.15) is 0 Å². The van der Waals surface area contributed by atoms with Gasteiger partial charge < -0.3 is 0 Å². The second-order valence-electron chi connectivity index (χ2n) is 5.11. The lowest BCUT2D eigenvalue weighted by atomic mass is 10.0. The molecule has 0 aromatic heterocycles. The second-order valence-corrected chi connectivity index (χ2v) is 8.22. The summed E-state index contributed by atoms with van der Waals surface area (Å²) in [5, 5.41) is 2.89. The van der Waals surface area contributed by atoms with Gasteiger partial charge in [-0.3, -0.25) is 0 Å². The summed E-state index contributed by atoms with van der Waals surface area (Å²) in [5.74, 6) is 0. The molecule has 0 N–H and O–H groups in total. The number of hydrogen-bond acceptors (Lipinski definition) is 0. The fourth-order valence-electron chi connectivity index (χ4n) is 2.68. The quantitative estimate of drug-likeness (QED) is 0.600. The molecule has 2 rings (SSSR count). The Morgan fingerprint density at radius 3 is 2.11 bits per heavy atom. The fraction of sp³-hybridized carbons (Fsp3) is 0.294. The Balaban J connectivity index is 2.60. The van der Waals surface area contributed by atoms with Crippen molar-refractivity contribution in [2.75, 3.05) is 5.50 Å². The van der Waals surface area contributed by atoms with E-state index >= 15 is 0 Å². The molecule has 0 aliphatic carbocycles. The third-order valence-electron chi connectivity index (χ3n) is 3.91. The van der Waals surface area contributed by atoms with Crippen LogP contribution in [-0.4, -0.2) is 14.3 Å². The highest BCUT2D eigenvalue weighted by atomic mass is 35.5. The fourth-order valence-corrected chi connectivity index (χ4v) is 5.90. The van der Waals surface area contributed by atoms with Crippen LogP contribution in [0, 0.1) is 27.7 Å². The molecule has 0 fully saturated rings. The maximum atomic E-state index is 6.32. The zero-order valence-corrected chi connectivity index (χ0v) is 13.8. The average molecular weight is 288 g/mol. The van der Waals surface area contributed by atoms with Crippen LogP contribution >= 0.6 is 11.6 Å². The van der Waals surface area contributed by atoms with E-state index in [-0.39, 0.29) is 0 Å². The Morgan fingerprint density at radius 1 is 0.895 bits per heavy atom. The van der Waals surface area contributed by atoms with E-state index in [4.69, 9.17) is 11.6 Å². The summed E-state index contributed by atoms with van der Waals surface area (Å²) in [5.41, 5.74) is 6.32. The molecule has 1 radical (unpaired) electrons. The first-order valence-corrected chi connectivity index (χ1v) is 8.85. The third-order valence-corrected chi connectivity index (χ3v) is 7.39. The van der Waals surface area contributed by atoms with E-state index in [9.17, 15) is 0 Å². The molecule has 0 saturated carbocycles. The van der Waals surface area contributed by atoms with Gasteiger partial charge in [0.05, 0.1) is 0 Å². The van der Waals surface area contributed by atoms with Crippen molar-refractivity contribution in [3.63, 3.8) is 0 Å². The summed E-state index contributed by atoms with van der Waals surface area (Å²) in [6, 6.07) is 13.0. The topological polar surface area (TPSA) is 0 Å². The van der Waals surface area contributed by atoms with Crippen molar-refractivity contribution in [2.24, 2.45) is 0 Å². The normalized spacial score (nSPS) is 11.1. The van der Waals surface area contributed by atoms with Crippen LogP contribution in [0.15, 0.2) is 36.4 Å². The molecule has 2 aromatic carbocycles. The van der Waals surface area contributed by atoms with Crippen molar-refractivity contribution >= 4 is 30.8 Å². The van der Waals surface area contributed by atoms with Crippen LogP contribution in [0.5, 0.6) is 0 Å². The predicted molar refractivity (Wildman–Crippen MR) is 87.6 cm³/mol. The van der Waals surface area contributed by atoms with E-state index < -0.39 is 8.80 Å². The summed E-state index contributed by atoms with van der Waals surface area (Å²) in [6.07, 6.45) is 0. The molecule has 0 spiro atoms. The van der Waals surface area contributed by atoms with Crippen LogP contribution in [0.2, 0.25) is 0 Å². The van der Waals surface area contributed by atoms with E-state index in [2.05, 4.69) is 64.1 Å². The number of hydrogen-bond donors (Lipinski definition) is 0. The minimum absolute atomic E-state index is 0.721. The summed E-state index contributed by atoms with van der Waals surface area (Å²) < 4.78 is 0. The lowest BCUT2D eigenvalue weighted by Gasteiger charge is -2.21. The Labute approximate surface area is 123 Å². The van der Waals surface area contributed by atoms with Gasteiger partial charge >= 0.3 is 0 Å². The lowest BCUT2D eigenvalue weighted by molar-refractivity contribution is 1.25. The Kier molecular flexibility index (Phi) is 4.49. The second kappa shape index (κ2) is 5.94. The third kappa shape index (κ3) is 2.77. The van der Waals surface area contributed by atoms with E-state index in [1.807, 2.05) is 0 Å². The first-order valence-electron chi connectivity index (χ1n) is 6.61. The average Bonchev–Trinajstić information content (AvgIpc) is 2.42. The van der Waals surface area contributed by atoms with E-state index in [0.29, 0.717) is 0 Å². The molecule has 0 amide bonds. The first kappa shape index (κ1) is 14.4. The van der Waals surface area contributed by atoms with Gasteiger partial charge in [0.2, 0.25) is 0 Å². The zero-order chi connectivity index (χ0) is 14.0. The molecule has 99 valence electrons. The molecule has 2 aromatic rings. The van der Waals surface area contributed by atoms with Gasteiger partial charge in [0.15, 0.2) is 0 Å². The molecule has 0 saturated heterocycles. The Hall–Kier alpha value is -1.05. The monoisotopic (exact) mass is 287 g/mol. The molecule has 19 heavy (non-hydrogen) atoms. The Bertz CT molecular complexity index is 576. The SMILES string of the molecule is Cc1cc(C)c([Si](CCl)c2ccccc2)c(C)c1C. The highest BCUT2D eigenvalue weighted by Crippen LogP contribution is 2.14. The molecule has 2 heteroatoms. The van der Waals surface area contributed by atoms with E-state index in [1.165, 1.54) is 32.6 Å². The van der Waals surface area contributed by atoms with Crippen molar-refractivity contribution in [1.82, 2.24) is 0 Å². The predicted octanol–water partition coefficient (Wildman–Crippen LogP) is 3.31. The number of aryl methyl sites for hydroxylation is 2. The summed E-state index contributed by atoms with van der Waals surface area (Å²) in [7, 11) is -0.872. The lowest BCUT2D eigenvalue weighted by Crippen LogP contribution is -2.47. The first-order chi connectivity index (χ1) is 9.06. The van der Waals surface area contributed by atoms with Gasteiger partial charge in [-0.05, 0) is 49.6 Å². The highest BCUT2D eigenvalue weighted by molar-refractivity contribution is 6.90. The van der Waals surface area contributed by atoms with Gasteiger partial charge in [0.25, 0.3) is 0 Å². The summed E-state index contributed by atoms with van der Waals surface area (Å²) >= 11 is 6.32. The van der Waals surface area contributed by atoms with Crippen LogP contribution in [0.4, 0.5) is 0 Å². The van der Waals surface area contributed by atoms with Gasteiger partial charge in [-0.25, -0.2) is 0 Å². The standard InChI is InChI=1S/C17H20ClSi/c1-12-10-13(2)17(15(4)14(12)3)19(11-18)16-8-6-5-7-9-16/h5-10H,11H2,1-4H3. The van der Waals surface area contributed by atoms with Crippen molar-refractivity contribution < 1.29 is 0 Å². The van der Waals surface area contributed by atoms with Crippen LogP contribution in [0.25, 0.3) is 0 Å². The summed E-state index contributed by atoms with van der Waals surface area (Å²) in [6.45, 7) is 8.86. The maximum Gasteiger partial charge on any atom is 0.137 e. The van der Waals surface area contributed by atoms with Crippen LogP contribution in [-0.2, 0) is 0 Å². The molecule has 0 bridgehead atoms. The van der Waals surface area contributed by atoms with Crippen molar-refractivity contribution in [3.05, 3.63) is 58.7 Å². The number of alkyl halides is 1. The molecule has 0 aliphatic rings. The Morgan fingerprint density at radius 2 is 1.53 bits per heavy atom. The number of halogens is 1.